The largest absolute Gasteiger partial charge is 0.478 e. The summed E-state index contributed by atoms with van der Waals surface area (Å²) in [7, 11) is 4.24. The van der Waals surface area contributed by atoms with Gasteiger partial charge in [0, 0.05) is 5.54 Å². The van der Waals surface area contributed by atoms with Gasteiger partial charge in [-0.05, 0) is 45.1 Å². The highest BCUT2D eigenvalue weighted by atomic mass is 16.4. The number of likely N-dealkylation sites (N-methyl/N-ethyl adjacent to an activating group) is 1. The molecule has 1 aromatic heterocycles. The van der Waals surface area contributed by atoms with Gasteiger partial charge < -0.3 is 10.0 Å². The van der Waals surface area contributed by atoms with E-state index in [1.54, 1.807) is 18.2 Å². The van der Waals surface area contributed by atoms with Crippen molar-refractivity contribution in [3.63, 3.8) is 0 Å². The Morgan fingerprint density at radius 1 is 1.38 bits per heavy atom. The number of nitrogens with zero attached hydrogens (tertiary/aromatic N) is 4. The lowest BCUT2D eigenvalue weighted by atomic mass is 9.96. The first kappa shape index (κ1) is 14.0. The lowest BCUT2D eigenvalue weighted by molar-refractivity contribution is 0.0697. The summed E-state index contributed by atoms with van der Waals surface area (Å²) in [5.74, 6) is -0.938. The third kappa shape index (κ3) is 2.40. The number of aromatic nitrogens is 3. The molecule has 0 aliphatic heterocycles. The predicted octanol–water partition coefficient (Wildman–Crippen LogP) is 2.00. The molecule has 6 nitrogen and oxygen atoms in total. The molecule has 0 atom stereocenters. The number of fused-ring (bicyclic) bond motifs is 1. The van der Waals surface area contributed by atoms with E-state index >= 15 is 0 Å². The molecule has 3 rings (SSSR count). The van der Waals surface area contributed by atoms with Crippen LogP contribution in [0.2, 0.25) is 0 Å². The van der Waals surface area contributed by atoms with Crippen molar-refractivity contribution < 1.29 is 9.90 Å². The fourth-order valence-corrected chi connectivity index (χ4v) is 3.28. The molecule has 112 valence electrons. The third-order valence-electron chi connectivity index (χ3n) is 4.69. The summed E-state index contributed by atoms with van der Waals surface area (Å²) in [4.78, 5) is 13.3. The Morgan fingerprint density at radius 2 is 2.10 bits per heavy atom. The average molecular weight is 288 g/mol. The molecule has 0 saturated heterocycles. The number of carbonyl (C=O) groups is 1. The fourth-order valence-electron chi connectivity index (χ4n) is 3.28. The van der Waals surface area contributed by atoms with Crippen molar-refractivity contribution in [3.8, 4) is 0 Å². The number of benzene rings is 1. The van der Waals surface area contributed by atoms with Crippen LogP contribution in [0.15, 0.2) is 18.2 Å². The smallest absolute Gasteiger partial charge is 0.335 e. The van der Waals surface area contributed by atoms with E-state index in [0.29, 0.717) is 5.52 Å². The molecule has 1 heterocycles. The van der Waals surface area contributed by atoms with Gasteiger partial charge in [-0.25, -0.2) is 9.48 Å². The topological polar surface area (TPSA) is 71.2 Å². The Kier molecular flexibility index (Phi) is 3.41. The van der Waals surface area contributed by atoms with Gasteiger partial charge in [0.1, 0.15) is 5.52 Å². The average Bonchev–Trinajstić information content (AvgIpc) is 3.07. The van der Waals surface area contributed by atoms with Crippen LogP contribution in [-0.2, 0) is 6.54 Å². The van der Waals surface area contributed by atoms with Gasteiger partial charge in [0.05, 0.1) is 17.6 Å². The van der Waals surface area contributed by atoms with Crippen LogP contribution in [-0.4, -0.2) is 50.6 Å². The molecule has 1 fully saturated rings. The highest BCUT2D eigenvalue weighted by Gasteiger charge is 2.37. The van der Waals surface area contributed by atoms with Crippen molar-refractivity contribution in [1.29, 1.82) is 0 Å². The van der Waals surface area contributed by atoms with Crippen molar-refractivity contribution in [2.75, 3.05) is 14.1 Å². The molecule has 1 aliphatic rings. The lowest BCUT2D eigenvalue weighted by Gasteiger charge is -2.36. The number of hydrogen-bond donors (Lipinski definition) is 1. The van der Waals surface area contributed by atoms with E-state index in [0.717, 1.165) is 24.9 Å². The van der Waals surface area contributed by atoms with E-state index in [-0.39, 0.29) is 11.1 Å². The van der Waals surface area contributed by atoms with Crippen LogP contribution in [0.5, 0.6) is 0 Å². The minimum absolute atomic E-state index is 0.131. The molecule has 1 saturated carbocycles. The zero-order valence-electron chi connectivity index (χ0n) is 12.4. The molecule has 1 N–H and O–H groups in total. The standard InChI is InChI=1S/C15H20N4O2/c1-18(2)15(7-3-4-8-15)10-19-13-6-5-11(14(20)21)9-12(13)16-17-19/h5-6,9H,3-4,7-8,10H2,1-2H3,(H,20,21). The summed E-state index contributed by atoms with van der Waals surface area (Å²) >= 11 is 0. The first-order chi connectivity index (χ1) is 10.0. The molecule has 0 unspecified atom stereocenters. The summed E-state index contributed by atoms with van der Waals surface area (Å²) in [5, 5.41) is 17.4. The van der Waals surface area contributed by atoms with E-state index < -0.39 is 5.97 Å². The molecular formula is C15H20N4O2. The van der Waals surface area contributed by atoms with Crippen LogP contribution < -0.4 is 0 Å². The molecule has 6 heteroatoms. The van der Waals surface area contributed by atoms with Gasteiger partial charge in [-0.2, -0.15) is 0 Å². The zero-order chi connectivity index (χ0) is 15.0. The van der Waals surface area contributed by atoms with Gasteiger partial charge in [0.25, 0.3) is 0 Å². The fraction of sp³-hybridized carbons (Fsp3) is 0.533. The Morgan fingerprint density at radius 3 is 2.71 bits per heavy atom. The van der Waals surface area contributed by atoms with Crippen molar-refractivity contribution in [3.05, 3.63) is 23.8 Å². The Labute approximate surface area is 123 Å². The van der Waals surface area contributed by atoms with Crippen LogP contribution in [0.25, 0.3) is 11.0 Å². The minimum Gasteiger partial charge on any atom is -0.478 e. The Bertz CT molecular complexity index is 671. The maximum atomic E-state index is 11.0. The SMILES string of the molecule is CN(C)C1(Cn2nnc3cc(C(=O)O)ccc32)CCCC1. The second-order valence-electron chi connectivity index (χ2n) is 6.08. The number of hydrogen-bond acceptors (Lipinski definition) is 4. The van der Waals surface area contributed by atoms with Gasteiger partial charge in [-0.15, -0.1) is 5.10 Å². The molecule has 1 aliphatic carbocycles. The van der Waals surface area contributed by atoms with Crippen LogP contribution >= 0.6 is 0 Å². The first-order valence-corrected chi connectivity index (χ1v) is 7.26. The molecule has 21 heavy (non-hydrogen) atoms. The number of aromatic carboxylic acids is 1. The van der Waals surface area contributed by atoms with Crippen LogP contribution in [0.3, 0.4) is 0 Å². The van der Waals surface area contributed by atoms with Crippen molar-refractivity contribution in [1.82, 2.24) is 19.9 Å². The zero-order valence-corrected chi connectivity index (χ0v) is 12.4. The maximum absolute atomic E-state index is 11.0. The summed E-state index contributed by atoms with van der Waals surface area (Å²) in [6, 6.07) is 5.00. The molecular weight excluding hydrogens is 268 g/mol. The predicted molar refractivity (Wildman–Crippen MR) is 79.4 cm³/mol. The number of carboxylic acids is 1. The summed E-state index contributed by atoms with van der Waals surface area (Å²) in [6.45, 7) is 0.795. The van der Waals surface area contributed by atoms with Gasteiger partial charge in [0.15, 0.2) is 0 Å². The quantitative estimate of drug-likeness (QED) is 0.931. The van der Waals surface area contributed by atoms with Gasteiger partial charge in [-0.3, -0.25) is 0 Å². The normalized spacial score (nSPS) is 17.7. The Balaban J connectivity index is 1.96. The van der Waals surface area contributed by atoms with Gasteiger partial charge in [0.2, 0.25) is 0 Å². The van der Waals surface area contributed by atoms with Gasteiger partial charge in [-0.1, -0.05) is 18.1 Å². The molecule has 0 radical (unpaired) electrons. The van der Waals surface area contributed by atoms with E-state index in [4.69, 9.17) is 5.11 Å². The second kappa shape index (κ2) is 5.11. The second-order valence-corrected chi connectivity index (χ2v) is 6.08. The number of rotatable bonds is 4. The van der Waals surface area contributed by atoms with Gasteiger partial charge >= 0.3 is 5.97 Å². The van der Waals surface area contributed by atoms with Crippen LogP contribution in [0.1, 0.15) is 36.0 Å². The van der Waals surface area contributed by atoms with Crippen molar-refractivity contribution in [2.45, 2.75) is 37.8 Å². The monoisotopic (exact) mass is 288 g/mol. The third-order valence-corrected chi connectivity index (χ3v) is 4.69. The van der Waals surface area contributed by atoms with E-state index in [1.807, 2.05) is 4.68 Å². The van der Waals surface area contributed by atoms with E-state index in [9.17, 15) is 4.79 Å². The van der Waals surface area contributed by atoms with Crippen molar-refractivity contribution >= 4 is 17.0 Å². The van der Waals surface area contributed by atoms with Crippen LogP contribution in [0.4, 0.5) is 0 Å². The first-order valence-electron chi connectivity index (χ1n) is 7.26. The highest BCUT2D eigenvalue weighted by molar-refractivity contribution is 5.92. The van der Waals surface area contributed by atoms with E-state index in [1.165, 1.54) is 12.8 Å². The lowest BCUT2D eigenvalue weighted by Crippen LogP contribution is -2.45. The number of carboxylic acid groups (broad SMARTS) is 1. The molecule has 1 aromatic carbocycles. The highest BCUT2D eigenvalue weighted by Crippen LogP contribution is 2.35. The van der Waals surface area contributed by atoms with Crippen molar-refractivity contribution in [2.24, 2.45) is 0 Å². The minimum atomic E-state index is -0.938. The molecule has 0 bridgehead atoms. The molecule has 0 spiro atoms. The van der Waals surface area contributed by atoms with Crippen LogP contribution in [0, 0.1) is 0 Å². The molecule has 2 aromatic rings. The summed E-state index contributed by atoms with van der Waals surface area (Å²) in [5.41, 5.74) is 1.92. The summed E-state index contributed by atoms with van der Waals surface area (Å²) in [6.07, 6.45) is 4.81. The summed E-state index contributed by atoms with van der Waals surface area (Å²) < 4.78 is 1.91. The maximum Gasteiger partial charge on any atom is 0.335 e. The molecule has 0 amide bonds. The van der Waals surface area contributed by atoms with E-state index in [2.05, 4.69) is 29.3 Å². The Hall–Kier alpha value is -1.95.